The van der Waals surface area contributed by atoms with Gasteiger partial charge in [0.25, 0.3) is 0 Å². The predicted molar refractivity (Wildman–Crippen MR) is 60.0 cm³/mol. The van der Waals surface area contributed by atoms with Crippen LogP contribution in [0.15, 0.2) is 0 Å². The molecule has 3 heteroatoms. The first kappa shape index (κ1) is 11.6. The van der Waals surface area contributed by atoms with Crippen LogP contribution in [-0.2, 0) is 9.59 Å². The summed E-state index contributed by atoms with van der Waals surface area (Å²) in [6.07, 6.45) is 2.14. The van der Waals surface area contributed by atoms with Crippen molar-refractivity contribution in [2.45, 2.75) is 47.0 Å². The van der Waals surface area contributed by atoms with Crippen LogP contribution in [0.3, 0.4) is 0 Å². The summed E-state index contributed by atoms with van der Waals surface area (Å²) in [5, 5.41) is 9.48. The summed E-state index contributed by atoms with van der Waals surface area (Å²) in [6.45, 7) is 7.90. The van der Waals surface area contributed by atoms with Crippen LogP contribution in [0.2, 0.25) is 0 Å². The number of Topliss-reactive ketones (excluding diaryl/α,β-unsaturated/α-hetero) is 1. The van der Waals surface area contributed by atoms with Crippen LogP contribution in [0.5, 0.6) is 0 Å². The summed E-state index contributed by atoms with van der Waals surface area (Å²) in [6, 6.07) is 0. The number of hydrogen-bond acceptors (Lipinski definition) is 2. The molecule has 0 radical (unpaired) electrons. The van der Waals surface area contributed by atoms with E-state index in [2.05, 4.69) is 13.8 Å². The fourth-order valence-electron chi connectivity index (χ4n) is 4.22. The maximum atomic E-state index is 12.5. The zero-order valence-corrected chi connectivity index (χ0v) is 10.5. The summed E-state index contributed by atoms with van der Waals surface area (Å²) in [5.41, 5.74) is -1.74. The molecule has 3 unspecified atom stereocenters. The minimum absolute atomic E-state index is 0.000000000000000666. The molecule has 0 spiro atoms. The zero-order valence-electron chi connectivity index (χ0n) is 10.5. The number of aliphatic carboxylic acids is 1. The summed E-state index contributed by atoms with van der Waals surface area (Å²) in [4.78, 5) is 24.1. The number of rotatable bonds is 2. The SMILES string of the molecule is CCC1(C(=O)O)C(=O)C2(C)CCC1C2(C)C. The summed E-state index contributed by atoms with van der Waals surface area (Å²) < 4.78 is 0. The second-order valence-electron chi connectivity index (χ2n) is 6.10. The van der Waals surface area contributed by atoms with E-state index in [1.165, 1.54) is 0 Å². The lowest BCUT2D eigenvalue weighted by Gasteiger charge is -2.33. The van der Waals surface area contributed by atoms with E-state index in [-0.39, 0.29) is 17.1 Å². The van der Waals surface area contributed by atoms with Gasteiger partial charge in [-0.05, 0) is 30.6 Å². The molecule has 2 bridgehead atoms. The van der Waals surface area contributed by atoms with Gasteiger partial charge in [0.1, 0.15) is 5.41 Å². The largest absolute Gasteiger partial charge is 0.480 e. The third-order valence-corrected chi connectivity index (χ3v) is 5.67. The van der Waals surface area contributed by atoms with Crippen LogP contribution < -0.4 is 0 Å². The Hall–Kier alpha value is -0.860. The lowest BCUT2D eigenvalue weighted by molar-refractivity contribution is -0.160. The minimum atomic E-state index is -1.11. The molecule has 2 rings (SSSR count). The Morgan fingerprint density at radius 1 is 1.44 bits per heavy atom. The molecule has 2 saturated carbocycles. The molecule has 16 heavy (non-hydrogen) atoms. The van der Waals surface area contributed by atoms with Crippen LogP contribution in [0.1, 0.15) is 47.0 Å². The first-order valence-electron chi connectivity index (χ1n) is 6.03. The fourth-order valence-corrected chi connectivity index (χ4v) is 4.22. The van der Waals surface area contributed by atoms with Crippen molar-refractivity contribution in [3.8, 4) is 0 Å². The lowest BCUT2D eigenvalue weighted by atomic mass is 9.67. The Labute approximate surface area is 96.2 Å². The maximum absolute atomic E-state index is 12.5. The summed E-state index contributed by atoms with van der Waals surface area (Å²) in [5.74, 6) is -0.947. The van der Waals surface area contributed by atoms with E-state index in [0.717, 1.165) is 12.8 Å². The molecule has 3 nitrogen and oxygen atoms in total. The lowest BCUT2D eigenvalue weighted by Crippen LogP contribution is -2.45. The Morgan fingerprint density at radius 3 is 2.25 bits per heavy atom. The Balaban J connectivity index is 2.63. The molecule has 0 aromatic rings. The normalized spacial score (nSPS) is 45.0. The molecule has 0 amide bonds. The Morgan fingerprint density at radius 2 is 2.00 bits per heavy atom. The van der Waals surface area contributed by atoms with Gasteiger partial charge in [-0.25, -0.2) is 0 Å². The van der Waals surface area contributed by atoms with Crippen molar-refractivity contribution < 1.29 is 14.7 Å². The first-order chi connectivity index (χ1) is 7.25. The van der Waals surface area contributed by atoms with E-state index in [1.54, 1.807) is 0 Å². The molecular weight excluding hydrogens is 204 g/mol. The molecule has 0 saturated heterocycles. The molecule has 0 aliphatic heterocycles. The smallest absolute Gasteiger partial charge is 0.317 e. The van der Waals surface area contributed by atoms with Gasteiger partial charge in [-0.2, -0.15) is 0 Å². The second-order valence-corrected chi connectivity index (χ2v) is 6.10. The van der Waals surface area contributed by atoms with Crippen molar-refractivity contribution in [2.24, 2.45) is 22.2 Å². The molecule has 3 atom stereocenters. The molecule has 2 aliphatic carbocycles. The highest BCUT2D eigenvalue weighted by Gasteiger charge is 2.74. The average Bonchev–Trinajstić information content (AvgIpc) is 2.49. The highest BCUT2D eigenvalue weighted by Crippen LogP contribution is 2.70. The second kappa shape index (κ2) is 2.88. The first-order valence-corrected chi connectivity index (χ1v) is 6.03. The topological polar surface area (TPSA) is 54.4 Å². The number of carbonyl (C=O) groups is 2. The van der Waals surface area contributed by atoms with Gasteiger partial charge in [-0.1, -0.05) is 27.7 Å². The van der Waals surface area contributed by atoms with E-state index in [1.807, 2.05) is 13.8 Å². The zero-order chi connectivity index (χ0) is 12.4. The van der Waals surface area contributed by atoms with Crippen LogP contribution in [0.4, 0.5) is 0 Å². The molecule has 2 aliphatic rings. The standard InChI is InChI=1S/C13H20O3/c1-5-13(10(15)16)8-6-7-12(4,9(13)14)11(8,2)3/h8H,5-7H2,1-4H3,(H,15,16). The van der Waals surface area contributed by atoms with Gasteiger partial charge in [-0.15, -0.1) is 0 Å². The Kier molecular flexibility index (Phi) is 2.09. The average molecular weight is 224 g/mol. The third kappa shape index (κ3) is 0.871. The fraction of sp³-hybridized carbons (Fsp3) is 0.846. The molecule has 1 N–H and O–H groups in total. The van der Waals surface area contributed by atoms with E-state index >= 15 is 0 Å². The van der Waals surface area contributed by atoms with Gasteiger partial charge in [-0.3, -0.25) is 9.59 Å². The summed E-state index contributed by atoms with van der Waals surface area (Å²) in [7, 11) is 0. The van der Waals surface area contributed by atoms with E-state index in [9.17, 15) is 14.7 Å². The van der Waals surface area contributed by atoms with Gasteiger partial charge in [0.15, 0.2) is 5.78 Å². The number of ketones is 1. The molecule has 0 aromatic heterocycles. The quantitative estimate of drug-likeness (QED) is 0.733. The minimum Gasteiger partial charge on any atom is -0.480 e. The number of fused-ring (bicyclic) bond motifs is 2. The van der Waals surface area contributed by atoms with Crippen LogP contribution in [0, 0.1) is 22.2 Å². The highest BCUT2D eigenvalue weighted by atomic mass is 16.4. The van der Waals surface area contributed by atoms with E-state index in [0.29, 0.717) is 6.42 Å². The molecule has 0 aromatic carbocycles. The van der Waals surface area contributed by atoms with Crippen LogP contribution in [-0.4, -0.2) is 16.9 Å². The van der Waals surface area contributed by atoms with Crippen molar-refractivity contribution in [1.29, 1.82) is 0 Å². The van der Waals surface area contributed by atoms with Crippen LogP contribution in [0.25, 0.3) is 0 Å². The third-order valence-electron chi connectivity index (χ3n) is 5.67. The number of hydrogen-bond donors (Lipinski definition) is 1. The predicted octanol–water partition coefficient (Wildman–Crippen LogP) is 2.49. The van der Waals surface area contributed by atoms with Crippen molar-refractivity contribution in [1.82, 2.24) is 0 Å². The molecule has 2 fully saturated rings. The number of carboxylic acids is 1. The number of carbonyl (C=O) groups excluding carboxylic acids is 1. The molecular formula is C13H20O3. The van der Waals surface area contributed by atoms with E-state index < -0.39 is 16.8 Å². The number of carboxylic acid groups (broad SMARTS) is 1. The Bertz CT molecular complexity index is 371. The van der Waals surface area contributed by atoms with Crippen molar-refractivity contribution in [2.75, 3.05) is 0 Å². The molecule has 0 heterocycles. The van der Waals surface area contributed by atoms with Gasteiger partial charge in [0, 0.05) is 5.41 Å². The van der Waals surface area contributed by atoms with Gasteiger partial charge in [0.2, 0.25) is 0 Å². The van der Waals surface area contributed by atoms with Gasteiger partial charge < -0.3 is 5.11 Å². The van der Waals surface area contributed by atoms with Crippen molar-refractivity contribution in [3.05, 3.63) is 0 Å². The monoisotopic (exact) mass is 224 g/mol. The maximum Gasteiger partial charge on any atom is 0.317 e. The van der Waals surface area contributed by atoms with Crippen LogP contribution >= 0.6 is 0 Å². The van der Waals surface area contributed by atoms with Gasteiger partial charge in [0.05, 0.1) is 0 Å². The van der Waals surface area contributed by atoms with E-state index in [4.69, 9.17) is 0 Å². The highest BCUT2D eigenvalue weighted by molar-refractivity contribution is 6.09. The summed E-state index contributed by atoms with van der Waals surface area (Å²) >= 11 is 0. The van der Waals surface area contributed by atoms with Crippen molar-refractivity contribution >= 4 is 11.8 Å². The molecule has 90 valence electrons. The van der Waals surface area contributed by atoms with Crippen molar-refractivity contribution in [3.63, 3.8) is 0 Å². The van der Waals surface area contributed by atoms with Gasteiger partial charge >= 0.3 is 5.97 Å².